The maximum Gasteiger partial charge on any atom is 0.265 e. The Morgan fingerprint density at radius 1 is 1.22 bits per heavy atom. The molecule has 1 aromatic carbocycles. The van der Waals surface area contributed by atoms with E-state index in [-0.39, 0.29) is 17.2 Å². The molecule has 0 radical (unpaired) electrons. The van der Waals surface area contributed by atoms with E-state index >= 15 is 0 Å². The summed E-state index contributed by atoms with van der Waals surface area (Å²) >= 11 is 5.09. The van der Waals surface area contributed by atoms with E-state index in [1.54, 1.807) is 7.11 Å². The van der Waals surface area contributed by atoms with Crippen molar-refractivity contribution in [3.05, 3.63) is 29.3 Å². The molecule has 2 rings (SSSR count). The summed E-state index contributed by atoms with van der Waals surface area (Å²) in [5.41, 5.74) is 1.67. The molecule has 2 amide bonds. The predicted molar refractivity (Wildman–Crippen MR) is 109 cm³/mol. The number of anilines is 1. The summed E-state index contributed by atoms with van der Waals surface area (Å²) in [5.74, 6) is -0.381. The molecule has 0 bridgehead atoms. The van der Waals surface area contributed by atoms with Crippen molar-refractivity contribution in [2.45, 2.75) is 13.8 Å². The quantitative estimate of drug-likeness (QED) is 0.414. The lowest BCUT2D eigenvalue weighted by atomic mass is 10.1. The summed E-state index contributed by atoms with van der Waals surface area (Å²) in [6.07, 6.45) is 1.53. The third-order valence-electron chi connectivity index (χ3n) is 4.35. The monoisotopic (exact) mass is 391 g/mol. The van der Waals surface area contributed by atoms with Gasteiger partial charge >= 0.3 is 0 Å². The van der Waals surface area contributed by atoms with E-state index in [0.717, 1.165) is 18.8 Å². The molecule has 1 aliphatic heterocycles. The molecule has 0 unspecified atom stereocenters. The lowest BCUT2D eigenvalue weighted by molar-refractivity contribution is -0.129. The maximum atomic E-state index is 12.7. The van der Waals surface area contributed by atoms with Crippen molar-refractivity contribution in [3.63, 3.8) is 0 Å². The summed E-state index contributed by atoms with van der Waals surface area (Å²) < 4.78 is 10.5. The van der Waals surface area contributed by atoms with Crippen molar-refractivity contribution in [3.8, 4) is 5.75 Å². The normalized spacial score (nSPS) is 15.9. The molecule has 1 heterocycles. The van der Waals surface area contributed by atoms with Crippen molar-refractivity contribution in [2.24, 2.45) is 0 Å². The van der Waals surface area contributed by atoms with Gasteiger partial charge in [0.2, 0.25) is 0 Å². The third kappa shape index (κ3) is 4.64. The second-order valence-corrected chi connectivity index (χ2v) is 6.25. The molecular weight excluding hydrogens is 366 g/mol. The zero-order valence-electron chi connectivity index (χ0n) is 16.1. The van der Waals surface area contributed by atoms with Gasteiger partial charge in [0.15, 0.2) is 5.11 Å². The van der Waals surface area contributed by atoms with Gasteiger partial charge in [-0.05, 0) is 44.3 Å². The van der Waals surface area contributed by atoms with Crippen LogP contribution in [0.25, 0.3) is 6.08 Å². The van der Waals surface area contributed by atoms with Crippen LogP contribution in [-0.4, -0.2) is 62.3 Å². The van der Waals surface area contributed by atoms with Gasteiger partial charge in [0.05, 0.1) is 20.3 Å². The molecular formula is C19H25N3O4S. The fraction of sp³-hybridized carbons (Fsp3) is 0.421. The number of amides is 2. The number of benzene rings is 1. The molecule has 0 spiro atoms. The zero-order chi connectivity index (χ0) is 20.0. The molecule has 8 heteroatoms. The summed E-state index contributed by atoms with van der Waals surface area (Å²) in [7, 11) is 3.10. The number of rotatable bonds is 8. The average molecular weight is 391 g/mol. The minimum Gasteiger partial charge on any atom is -0.496 e. The zero-order valence-corrected chi connectivity index (χ0v) is 16.9. The number of thiocarbonyl (C=S) groups is 1. The van der Waals surface area contributed by atoms with Crippen LogP contribution in [0, 0.1) is 0 Å². The van der Waals surface area contributed by atoms with Crippen LogP contribution in [0.1, 0.15) is 19.4 Å². The second-order valence-electron chi connectivity index (χ2n) is 5.87. The van der Waals surface area contributed by atoms with Crippen LogP contribution in [0.5, 0.6) is 5.75 Å². The van der Waals surface area contributed by atoms with E-state index in [1.165, 1.54) is 18.1 Å². The highest BCUT2D eigenvalue weighted by atomic mass is 32.1. The number of carbonyl (C=O) groups excluding carboxylic acids is 2. The number of methoxy groups -OCH3 is 2. The average Bonchev–Trinajstić information content (AvgIpc) is 2.66. The van der Waals surface area contributed by atoms with Gasteiger partial charge in [-0.2, -0.15) is 0 Å². The fourth-order valence-electron chi connectivity index (χ4n) is 2.84. The van der Waals surface area contributed by atoms with Crippen molar-refractivity contribution in [1.29, 1.82) is 0 Å². The Labute approximate surface area is 164 Å². The van der Waals surface area contributed by atoms with Gasteiger partial charge < -0.3 is 14.4 Å². The highest BCUT2D eigenvalue weighted by molar-refractivity contribution is 7.80. The Kier molecular flexibility index (Phi) is 7.32. The third-order valence-corrected chi connectivity index (χ3v) is 4.67. The van der Waals surface area contributed by atoms with Crippen LogP contribution in [0.4, 0.5) is 5.69 Å². The van der Waals surface area contributed by atoms with Gasteiger partial charge in [0.25, 0.3) is 11.8 Å². The van der Waals surface area contributed by atoms with Gasteiger partial charge in [0, 0.05) is 37.5 Å². The minimum absolute atomic E-state index is 0.00796. The number of ether oxygens (including phenoxy) is 2. The molecule has 0 aliphatic carbocycles. The largest absolute Gasteiger partial charge is 0.496 e. The first-order valence-corrected chi connectivity index (χ1v) is 9.18. The van der Waals surface area contributed by atoms with E-state index in [2.05, 4.69) is 24.1 Å². The Morgan fingerprint density at radius 3 is 2.52 bits per heavy atom. The number of hydrogen-bond acceptors (Lipinski definition) is 6. The number of hydrogen-bond donors (Lipinski definition) is 1. The van der Waals surface area contributed by atoms with Crippen molar-refractivity contribution < 1.29 is 19.1 Å². The van der Waals surface area contributed by atoms with Crippen LogP contribution >= 0.6 is 12.2 Å². The number of carbonyl (C=O) groups is 2. The molecule has 0 aromatic heterocycles. The lowest BCUT2D eigenvalue weighted by Gasteiger charge is -2.28. The molecule has 1 aliphatic rings. The molecule has 27 heavy (non-hydrogen) atoms. The van der Waals surface area contributed by atoms with Gasteiger partial charge in [0.1, 0.15) is 11.3 Å². The van der Waals surface area contributed by atoms with E-state index in [9.17, 15) is 9.59 Å². The van der Waals surface area contributed by atoms with Gasteiger partial charge in [-0.1, -0.05) is 0 Å². The summed E-state index contributed by atoms with van der Waals surface area (Å²) in [6, 6.07) is 5.69. The topological polar surface area (TPSA) is 71.1 Å². The minimum atomic E-state index is -0.520. The summed E-state index contributed by atoms with van der Waals surface area (Å²) in [6.45, 7) is 6.48. The molecule has 1 N–H and O–H groups in total. The first kappa shape index (κ1) is 20.9. The van der Waals surface area contributed by atoms with Crippen molar-refractivity contribution in [1.82, 2.24) is 10.2 Å². The Balaban J connectivity index is 2.39. The van der Waals surface area contributed by atoms with Crippen LogP contribution in [0.3, 0.4) is 0 Å². The van der Waals surface area contributed by atoms with E-state index in [1.807, 2.05) is 18.2 Å². The fourth-order valence-corrected chi connectivity index (χ4v) is 3.11. The number of nitrogens with one attached hydrogen (secondary N) is 1. The Bertz CT molecular complexity index is 759. The maximum absolute atomic E-state index is 12.7. The second kappa shape index (κ2) is 9.48. The highest BCUT2D eigenvalue weighted by Gasteiger charge is 2.33. The first-order chi connectivity index (χ1) is 13.0. The Hall–Kier alpha value is -2.45. The van der Waals surface area contributed by atoms with Crippen LogP contribution < -0.4 is 15.0 Å². The predicted octanol–water partition coefficient (Wildman–Crippen LogP) is 1.81. The SMILES string of the molecule is CCN(CC)c1ccc(/C=C2\C(=O)NC(=S)N(CCOC)C2=O)c(OC)c1. The van der Waals surface area contributed by atoms with Crippen molar-refractivity contribution >= 4 is 40.9 Å². The lowest BCUT2D eigenvalue weighted by Crippen LogP contribution is -2.54. The van der Waals surface area contributed by atoms with E-state index < -0.39 is 11.8 Å². The standard InChI is InChI=1S/C19H25N3O4S/c1-5-21(6-2)14-8-7-13(16(12-14)26-4)11-15-17(23)20-19(27)22(18(15)24)9-10-25-3/h7-8,11-12H,5-6,9-10H2,1-4H3,(H,20,23,27)/b15-11+. The van der Waals surface area contributed by atoms with Gasteiger partial charge in [-0.3, -0.25) is 19.8 Å². The van der Waals surface area contributed by atoms with Gasteiger partial charge in [-0.15, -0.1) is 0 Å². The van der Waals surface area contributed by atoms with Crippen LogP contribution in [0.15, 0.2) is 23.8 Å². The molecule has 146 valence electrons. The Morgan fingerprint density at radius 2 is 1.93 bits per heavy atom. The highest BCUT2D eigenvalue weighted by Crippen LogP contribution is 2.28. The van der Waals surface area contributed by atoms with Crippen LogP contribution in [0.2, 0.25) is 0 Å². The smallest absolute Gasteiger partial charge is 0.265 e. The summed E-state index contributed by atoms with van der Waals surface area (Å²) in [5, 5.41) is 2.64. The van der Waals surface area contributed by atoms with E-state index in [0.29, 0.717) is 17.9 Å². The van der Waals surface area contributed by atoms with Gasteiger partial charge in [-0.25, -0.2) is 0 Å². The number of nitrogens with zero attached hydrogens (tertiary/aromatic N) is 2. The summed E-state index contributed by atoms with van der Waals surface area (Å²) in [4.78, 5) is 28.5. The molecule has 1 aromatic rings. The molecule has 1 fully saturated rings. The van der Waals surface area contributed by atoms with Crippen molar-refractivity contribution in [2.75, 3.05) is 45.4 Å². The molecule has 7 nitrogen and oxygen atoms in total. The van der Waals surface area contributed by atoms with E-state index in [4.69, 9.17) is 21.7 Å². The first-order valence-electron chi connectivity index (χ1n) is 8.77. The van der Waals surface area contributed by atoms with Crippen LogP contribution in [-0.2, 0) is 14.3 Å². The molecule has 0 saturated carbocycles. The molecule has 1 saturated heterocycles. The molecule has 0 atom stereocenters.